The molecule has 0 spiro atoms. The zero-order valence-corrected chi connectivity index (χ0v) is 18.9. The van der Waals surface area contributed by atoms with Crippen molar-refractivity contribution in [2.24, 2.45) is 0 Å². The van der Waals surface area contributed by atoms with Gasteiger partial charge in [-0.3, -0.25) is 9.36 Å². The second-order valence-electron chi connectivity index (χ2n) is 6.24. The van der Waals surface area contributed by atoms with Gasteiger partial charge in [-0.15, -0.1) is 0 Å². The molecule has 154 valence electrons. The Morgan fingerprint density at radius 2 is 1.86 bits per heavy atom. The van der Waals surface area contributed by atoms with Crippen molar-refractivity contribution < 1.29 is 22.1 Å². The molecule has 0 saturated carbocycles. The zero-order chi connectivity index (χ0) is 21.1. The molecule has 0 fully saturated rings. The average molecular weight is 467 g/mol. The normalized spacial score (nSPS) is 11.8. The van der Waals surface area contributed by atoms with Gasteiger partial charge in [0, 0.05) is 21.9 Å². The molecule has 1 heterocycles. The topological polar surface area (TPSA) is 87.5 Å². The van der Waals surface area contributed by atoms with Crippen molar-refractivity contribution in [3.63, 3.8) is 0 Å². The maximum absolute atomic E-state index is 11.5. The van der Waals surface area contributed by atoms with Crippen LogP contribution in [0.15, 0.2) is 28.1 Å². The van der Waals surface area contributed by atoms with Crippen molar-refractivity contribution in [1.82, 2.24) is 9.55 Å². The second kappa shape index (κ2) is 9.49. The van der Waals surface area contributed by atoms with Gasteiger partial charge < -0.3 is 4.74 Å². The van der Waals surface area contributed by atoms with Crippen LogP contribution in [0.2, 0.25) is 10.0 Å². The van der Waals surface area contributed by atoms with E-state index < -0.39 is 16.1 Å². The van der Waals surface area contributed by atoms with Gasteiger partial charge in [-0.2, -0.15) is 8.42 Å². The van der Waals surface area contributed by atoms with Gasteiger partial charge in [0.05, 0.1) is 11.9 Å². The molecule has 0 aliphatic rings. The van der Waals surface area contributed by atoms with Crippen molar-refractivity contribution in [3.05, 3.63) is 39.8 Å². The third kappa shape index (κ3) is 6.66. The highest BCUT2D eigenvalue weighted by Gasteiger charge is 2.22. The number of carbonyl (C=O) groups is 1. The number of hydrogen-bond acceptors (Lipinski definition) is 7. The maximum Gasteiger partial charge on any atom is 0.303 e. The van der Waals surface area contributed by atoms with E-state index in [4.69, 9.17) is 32.1 Å². The lowest BCUT2D eigenvalue weighted by Gasteiger charge is -2.13. The highest BCUT2D eigenvalue weighted by atomic mass is 35.5. The highest BCUT2D eigenvalue weighted by Crippen LogP contribution is 2.37. The lowest BCUT2D eigenvalue weighted by molar-refractivity contribution is -0.142. The number of aromatic nitrogens is 2. The summed E-state index contributed by atoms with van der Waals surface area (Å²) in [6, 6.07) is 5.10. The lowest BCUT2D eigenvalue weighted by atomic mass is 10.2. The van der Waals surface area contributed by atoms with Crippen molar-refractivity contribution in [3.8, 4) is 0 Å². The fourth-order valence-electron chi connectivity index (χ4n) is 2.24. The predicted molar refractivity (Wildman–Crippen MR) is 108 cm³/mol. The van der Waals surface area contributed by atoms with Crippen LogP contribution in [0.3, 0.4) is 0 Å². The van der Waals surface area contributed by atoms with Crippen LogP contribution >= 0.6 is 35.0 Å². The minimum atomic E-state index is -3.69. The third-order valence-corrected chi connectivity index (χ3v) is 5.49. The van der Waals surface area contributed by atoms with E-state index in [0.29, 0.717) is 26.6 Å². The SMILES string of the molecule is CC(=O)OCc1nc(C(C)C)c(Sc2cc(Cl)cc(Cl)c2)n1COS(C)(=O)=O. The first kappa shape index (κ1) is 23.0. The molecule has 0 saturated heterocycles. The minimum absolute atomic E-state index is 0.0210. The van der Waals surface area contributed by atoms with Crippen molar-refractivity contribution >= 4 is 51.1 Å². The fourth-order valence-corrected chi connectivity index (χ4v) is 4.44. The van der Waals surface area contributed by atoms with E-state index >= 15 is 0 Å². The van der Waals surface area contributed by atoms with Crippen LogP contribution < -0.4 is 0 Å². The van der Waals surface area contributed by atoms with Gasteiger partial charge in [0.1, 0.15) is 24.2 Å². The Morgan fingerprint density at radius 1 is 1.25 bits per heavy atom. The van der Waals surface area contributed by atoms with Crippen LogP contribution in [-0.2, 0) is 37.2 Å². The van der Waals surface area contributed by atoms with Crippen LogP contribution in [-0.4, -0.2) is 30.2 Å². The molecule has 2 aromatic rings. The molecule has 0 N–H and O–H groups in total. The molecule has 1 aromatic heterocycles. The standard InChI is InChI=1S/C17H20Cl2N2O5S2/c1-10(2)16-17(27-14-6-12(18)5-13(19)7-14)21(9-26-28(4,23)24)15(20-16)8-25-11(3)22/h5-7,10H,8-9H2,1-4H3. The number of ether oxygens (including phenoxy) is 1. The summed E-state index contributed by atoms with van der Waals surface area (Å²) in [5, 5.41) is 1.60. The molecule has 0 radical (unpaired) electrons. The van der Waals surface area contributed by atoms with Gasteiger partial charge in [-0.25, -0.2) is 9.17 Å². The Hall–Kier alpha value is -1.26. The Labute approximate surface area is 178 Å². The van der Waals surface area contributed by atoms with Crippen LogP contribution in [0.25, 0.3) is 0 Å². The number of rotatable bonds is 8. The van der Waals surface area contributed by atoms with E-state index in [-0.39, 0.29) is 19.3 Å². The van der Waals surface area contributed by atoms with Gasteiger partial charge in [0.25, 0.3) is 10.1 Å². The van der Waals surface area contributed by atoms with Crippen LogP contribution in [0.5, 0.6) is 0 Å². The van der Waals surface area contributed by atoms with Gasteiger partial charge in [-0.1, -0.05) is 48.8 Å². The van der Waals surface area contributed by atoms with Crippen molar-refractivity contribution in [2.45, 2.75) is 49.9 Å². The number of imidazole rings is 1. The third-order valence-electron chi connectivity index (χ3n) is 3.42. The number of carbonyl (C=O) groups excluding carboxylic acids is 1. The molecule has 2 rings (SSSR count). The van der Waals surface area contributed by atoms with E-state index in [9.17, 15) is 13.2 Å². The Morgan fingerprint density at radius 3 is 2.36 bits per heavy atom. The molecule has 0 atom stereocenters. The van der Waals surface area contributed by atoms with Crippen molar-refractivity contribution in [2.75, 3.05) is 6.26 Å². The van der Waals surface area contributed by atoms with Gasteiger partial charge >= 0.3 is 5.97 Å². The zero-order valence-electron chi connectivity index (χ0n) is 15.7. The summed E-state index contributed by atoms with van der Waals surface area (Å²) in [6.45, 7) is 4.78. The van der Waals surface area contributed by atoms with E-state index in [1.165, 1.54) is 18.7 Å². The summed E-state index contributed by atoms with van der Waals surface area (Å²) in [5.74, 6) is -0.0774. The first-order chi connectivity index (χ1) is 13.0. The number of esters is 1. The summed E-state index contributed by atoms with van der Waals surface area (Å²) < 4.78 is 34.6. The van der Waals surface area contributed by atoms with E-state index in [1.54, 1.807) is 22.8 Å². The van der Waals surface area contributed by atoms with Crippen molar-refractivity contribution in [1.29, 1.82) is 0 Å². The Balaban J connectivity index is 2.52. The number of nitrogens with zero attached hydrogens (tertiary/aromatic N) is 2. The number of hydrogen-bond donors (Lipinski definition) is 0. The molecular formula is C17H20Cl2N2O5S2. The second-order valence-corrected chi connectivity index (χ2v) is 9.82. The summed E-state index contributed by atoms with van der Waals surface area (Å²) >= 11 is 13.5. The largest absolute Gasteiger partial charge is 0.458 e. The lowest BCUT2D eigenvalue weighted by Crippen LogP contribution is -2.13. The minimum Gasteiger partial charge on any atom is -0.458 e. The van der Waals surface area contributed by atoms with Crippen LogP contribution in [0.4, 0.5) is 0 Å². The van der Waals surface area contributed by atoms with E-state index in [2.05, 4.69) is 4.98 Å². The van der Waals surface area contributed by atoms with E-state index in [1.807, 2.05) is 13.8 Å². The molecule has 1 aromatic carbocycles. The molecule has 0 aliphatic carbocycles. The molecule has 0 unspecified atom stereocenters. The summed E-state index contributed by atoms with van der Waals surface area (Å²) in [7, 11) is -3.69. The summed E-state index contributed by atoms with van der Waals surface area (Å²) in [5.41, 5.74) is 0.709. The summed E-state index contributed by atoms with van der Waals surface area (Å²) in [4.78, 5) is 16.5. The molecular weight excluding hydrogens is 447 g/mol. The first-order valence-corrected chi connectivity index (χ1v) is 11.6. The quantitative estimate of drug-likeness (QED) is 0.418. The highest BCUT2D eigenvalue weighted by molar-refractivity contribution is 7.99. The molecule has 0 amide bonds. The molecule has 0 bridgehead atoms. The number of benzene rings is 1. The molecule has 7 nitrogen and oxygen atoms in total. The monoisotopic (exact) mass is 466 g/mol. The smallest absolute Gasteiger partial charge is 0.303 e. The number of halogens is 2. The van der Waals surface area contributed by atoms with Crippen LogP contribution in [0.1, 0.15) is 38.2 Å². The molecule has 28 heavy (non-hydrogen) atoms. The van der Waals surface area contributed by atoms with E-state index in [0.717, 1.165) is 11.2 Å². The Kier molecular flexibility index (Phi) is 7.81. The maximum atomic E-state index is 11.5. The van der Waals surface area contributed by atoms with Crippen LogP contribution in [0, 0.1) is 0 Å². The summed E-state index contributed by atoms with van der Waals surface area (Å²) in [6.07, 6.45) is 0.961. The average Bonchev–Trinajstić information content (AvgIpc) is 2.87. The Bertz CT molecular complexity index is 954. The predicted octanol–water partition coefficient (Wildman–Crippen LogP) is 4.46. The first-order valence-electron chi connectivity index (χ1n) is 8.17. The molecule has 0 aliphatic heterocycles. The van der Waals surface area contributed by atoms with Gasteiger partial charge in [-0.05, 0) is 24.1 Å². The molecule has 11 heteroatoms. The van der Waals surface area contributed by atoms with Gasteiger partial charge in [0.15, 0.2) is 0 Å². The fraction of sp³-hybridized carbons (Fsp3) is 0.412. The van der Waals surface area contributed by atoms with Gasteiger partial charge in [0.2, 0.25) is 0 Å².